The van der Waals surface area contributed by atoms with E-state index in [-0.39, 0.29) is 22.8 Å². The minimum atomic E-state index is -1.32. The molecule has 0 radical (unpaired) electrons. The Kier molecular flexibility index (Phi) is 4.45. The van der Waals surface area contributed by atoms with Crippen LogP contribution in [0.15, 0.2) is 42.5 Å². The number of carbonyl (C=O) groups excluding carboxylic acids is 2. The van der Waals surface area contributed by atoms with Gasteiger partial charge < -0.3 is 24.5 Å². The van der Waals surface area contributed by atoms with Crippen LogP contribution in [0.1, 0.15) is 26.3 Å². The third-order valence-corrected chi connectivity index (χ3v) is 3.05. The molecule has 0 aliphatic rings. The highest BCUT2D eigenvalue weighted by Gasteiger charge is 2.04. The first kappa shape index (κ1) is 14.9. The second-order valence-electron chi connectivity index (χ2n) is 4.21. The molecule has 0 N–H and O–H groups in total. The molecule has 2 aromatic carbocycles. The predicted octanol–water partition coefficient (Wildman–Crippen LogP) is 0.646. The summed E-state index contributed by atoms with van der Waals surface area (Å²) >= 11 is 5.90. The summed E-state index contributed by atoms with van der Waals surface area (Å²) in [5.41, 5.74) is 0.779. The molecule has 0 spiro atoms. The number of carbonyl (C=O) groups is 2. The van der Waals surface area contributed by atoms with E-state index in [9.17, 15) is 19.8 Å². The molecule has 0 saturated heterocycles. The fraction of sp³-hybridized carbons (Fsp3) is 0.0667. The molecule has 5 nitrogen and oxygen atoms in total. The number of carboxylic acid groups (broad SMARTS) is 2. The zero-order valence-corrected chi connectivity index (χ0v) is 11.4. The topological polar surface area (TPSA) is 89.5 Å². The molecule has 0 aliphatic carbocycles. The highest BCUT2D eigenvalue weighted by atomic mass is 35.5. The lowest BCUT2D eigenvalue weighted by Gasteiger charge is -2.10. The summed E-state index contributed by atoms with van der Waals surface area (Å²) in [5.74, 6) is -2.24. The van der Waals surface area contributed by atoms with E-state index < -0.39 is 11.9 Å². The number of ether oxygens (including phenoxy) is 1. The van der Waals surface area contributed by atoms with E-state index >= 15 is 0 Å². The van der Waals surface area contributed by atoms with Gasteiger partial charge in [0, 0.05) is 0 Å². The van der Waals surface area contributed by atoms with Gasteiger partial charge >= 0.3 is 0 Å². The first-order chi connectivity index (χ1) is 9.97. The van der Waals surface area contributed by atoms with E-state index in [0.717, 1.165) is 5.56 Å². The standard InChI is InChI=1S/C15H11ClO5/c16-12-7-11(15(19)20)5-6-13(12)21-8-9-1-3-10(4-2-9)14(17)18/h1-7H,8H2,(H,17,18)(H,19,20)/p-2. The molecular weight excluding hydrogens is 296 g/mol. The molecule has 0 aromatic heterocycles. The third kappa shape index (κ3) is 3.73. The largest absolute Gasteiger partial charge is 0.545 e. The molecule has 0 amide bonds. The van der Waals surface area contributed by atoms with Crippen LogP contribution in [-0.4, -0.2) is 11.9 Å². The van der Waals surface area contributed by atoms with Gasteiger partial charge in [0.2, 0.25) is 0 Å². The van der Waals surface area contributed by atoms with Crippen molar-refractivity contribution in [3.63, 3.8) is 0 Å². The Balaban J connectivity index is 2.06. The Labute approximate surface area is 125 Å². The first-order valence-electron chi connectivity index (χ1n) is 5.91. The lowest BCUT2D eigenvalue weighted by atomic mass is 10.1. The number of benzene rings is 2. The van der Waals surface area contributed by atoms with Gasteiger partial charge in [-0.05, 0) is 34.9 Å². The van der Waals surface area contributed by atoms with E-state index in [2.05, 4.69) is 0 Å². The summed E-state index contributed by atoms with van der Waals surface area (Å²) in [6.45, 7) is 0.164. The zero-order valence-electron chi connectivity index (χ0n) is 10.7. The van der Waals surface area contributed by atoms with Crippen LogP contribution in [0.4, 0.5) is 0 Å². The second-order valence-corrected chi connectivity index (χ2v) is 4.61. The molecule has 2 rings (SSSR count). The summed E-state index contributed by atoms with van der Waals surface area (Å²) in [5, 5.41) is 21.4. The second kappa shape index (κ2) is 6.28. The molecule has 0 fully saturated rings. The van der Waals surface area contributed by atoms with Crippen molar-refractivity contribution in [2.24, 2.45) is 0 Å². The number of aromatic carboxylic acids is 2. The molecule has 0 heterocycles. The number of carboxylic acids is 2. The molecule has 108 valence electrons. The summed E-state index contributed by atoms with van der Waals surface area (Å²) in [6, 6.07) is 10.0. The lowest BCUT2D eigenvalue weighted by molar-refractivity contribution is -0.256. The molecule has 2 aromatic rings. The number of hydrogen-bond acceptors (Lipinski definition) is 5. The van der Waals surface area contributed by atoms with Crippen molar-refractivity contribution in [3.05, 3.63) is 64.2 Å². The maximum atomic E-state index is 10.7. The highest BCUT2D eigenvalue weighted by molar-refractivity contribution is 6.32. The molecule has 0 unspecified atom stereocenters. The third-order valence-electron chi connectivity index (χ3n) is 2.75. The van der Waals surface area contributed by atoms with Gasteiger partial charge in [-0.1, -0.05) is 35.9 Å². The first-order valence-corrected chi connectivity index (χ1v) is 6.29. The van der Waals surface area contributed by atoms with Gasteiger partial charge in [-0.25, -0.2) is 0 Å². The number of hydrogen-bond donors (Lipinski definition) is 0. The van der Waals surface area contributed by atoms with Gasteiger partial charge in [0.25, 0.3) is 0 Å². The lowest BCUT2D eigenvalue weighted by Crippen LogP contribution is -2.22. The van der Waals surface area contributed by atoms with Crippen LogP contribution < -0.4 is 14.9 Å². The smallest absolute Gasteiger partial charge is 0.138 e. The fourth-order valence-electron chi connectivity index (χ4n) is 1.64. The van der Waals surface area contributed by atoms with Crippen molar-refractivity contribution < 1.29 is 24.5 Å². The van der Waals surface area contributed by atoms with E-state index in [0.29, 0.717) is 5.75 Å². The zero-order chi connectivity index (χ0) is 15.4. The Bertz CT molecular complexity index is 679. The fourth-order valence-corrected chi connectivity index (χ4v) is 1.88. The van der Waals surface area contributed by atoms with Crippen LogP contribution in [-0.2, 0) is 6.61 Å². The van der Waals surface area contributed by atoms with Gasteiger partial charge in [-0.2, -0.15) is 0 Å². The minimum absolute atomic E-state index is 0.0364. The van der Waals surface area contributed by atoms with E-state index in [4.69, 9.17) is 16.3 Å². The van der Waals surface area contributed by atoms with Crippen molar-refractivity contribution >= 4 is 23.5 Å². The van der Waals surface area contributed by atoms with Crippen molar-refractivity contribution in [2.75, 3.05) is 0 Å². The van der Waals surface area contributed by atoms with Crippen molar-refractivity contribution in [1.29, 1.82) is 0 Å². The van der Waals surface area contributed by atoms with Crippen LogP contribution in [0, 0.1) is 0 Å². The molecular formula is C15H9ClO5-2. The van der Waals surface area contributed by atoms with E-state index in [1.807, 2.05) is 0 Å². The molecule has 0 atom stereocenters. The normalized spacial score (nSPS) is 10.1. The van der Waals surface area contributed by atoms with Crippen LogP contribution in [0.3, 0.4) is 0 Å². The van der Waals surface area contributed by atoms with Gasteiger partial charge in [0.15, 0.2) is 0 Å². The van der Waals surface area contributed by atoms with Crippen LogP contribution in [0.5, 0.6) is 5.75 Å². The average molecular weight is 305 g/mol. The van der Waals surface area contributed by atoms with Crippen molar-refractivity contribution in [1.82, 2.24) is 0 Å². The van der Waals surface area contributed by atoms with E-state index in [1.165, 1.54) is 30.3 Å². The summed E-state index contributed by atoms with van der Waals surface area (Å²) in [4.78, 5) is 21.3. The number of halogens is 1. The minimum Gasteiger partial charge on any atom is -0.545 e. The Morgan fingerprint density at radius 1 is 0.952 bits per heavy atom. The van der Waals surface area contributed by atoms with Gasteiger partial charge in [-0.15, -0.1) is 0 Å². The Morgan fingerprint density at radius 3 is 2.05 bits per heavy atom. The SMILES string of the molecule is O=C([O-])c1ccc(COc2ccc(C(=O)[O-])cc2Cl)cc1. The molecule has 0 aliphatic heterocycles. The quantitative estimate of drug-likeness (QED) is 0.809. The van der Waals surface area contributed by atoms with Gasteiger partial charge in [0.05, 0.1) is 17.0 Å². The van der Waals surface area contributed by atoms with Crippen molar-refractivity contribution in [3.8, 4) is 5.75 Å². The summed E-state index contributed by atoms with van der Waals surface area (Å²) < 4.78 is 5.45. The predicted molar refractivity (Wildman–Crippen MR) is 70.9 cm³/mol. The molecule has 0 saturated carbocycles. The van der Waals surface area contributed by atoms with Gasteiger partial charge in [-0.3, -0.25) is 0 Å². The van der Waals surface area contributed by atoms with Gasteiger partial charge in [0.1, 0.15) is 12.4 Å². The maximum absolute atomic E-state index is 10.7. The molecule has 21 heavy (non-hydrogen) atoms. The maximum Gasteiger partial charge on any atom is 0.138 e. The van der Waals surface area contributed by atoms with Crippen molar-refractivity contribution in [2.45, 2.75) is 6.61 Å². The molecule has 6 heteroatoms. The Morgan fingerprint density at radius 2 is 1.52 bits per heavy atom. The molecule has 0 bridgehead atoms. The monoisotopic (exact) mass is 304 g/mol. The van der Waals surface area contributed by atoms with E-state index in [1.54, 1.807) is 12.1 Å². The van der Waals surface area contributed by atoms with Crippen LogP contribution in [0.2, 0.25) is 5.02 Å². The average Bonchev–Trinajstić information content (AvgIpc) is 2.46. The van der Waals surface area contributed by atoms with Crippen LogP contribution in [0.25, 0.3) is 0 Å². The summed E-state index contributed by atoms with van der Waals surface area (Å²) in [6.07, 6.45) is 0. The van der Waals surface area contributed by atoms with Crippen LogP contribution >= 0.6 is 11.6 Å². The highest BCUT2D eigenvalue weighted by Crippen LogP contribution is 2.26. The summed E-state index contributed by atoms with van der Waals surface area (Å²) in [7, 11) is 0. The Hall–Kier alpha value is -2.53. The number of rotatable bonds is 5.